The van der Waals surface area contributed by atoms with Gasteiger partial charge in [-0.3, -0.25) is 9.13 Å². The number of benzene rings is 2. The van der Waals surface area contributed by atoms with Crippen LogP contribution in [0.5, 0.6) is 0 Å². The number of aryl methyl sites for hydroxylation is 2. The van der Waals surface area contributed by atoms with Crippen molar-refractivity contribution in [1.29, 1.82) is 0 Å². The molecule has 0 atom stereocenters. The van der Waals surface area contributed by atoms with Crippen molar-refractivity contribution in [2.75, 3.05) is 19.6 Å². The minimum absolute atomic E-state index is 0.0106. The second kappa shape index (κ2) is 7.65. The average molecular weight is 406 g/mol. The van der Waals surface area contributed by atoms with Gasteiger partial charge in [0.25, 0.3) is 0 Å². The number of aromatic nitrogens is 4. The van der Waals surface area contributed by atoms with Gasteiger partial charge in [-0.15, -0.1) is 0 Å². The van der Waals surface area contributed by atoms with E-state index in [0.29, 0.717) is 6.54 Å². The Bertz CT molecular complexity index is 1300. The smallest absolute Gasteiger partial charge is 0.306 e. The molecule has 1 saturated heterocycles. The van der Waals surface area contributed by atoms with E-state index in [1.54, 1.807) is 0 Å². The van der Waals surface area contributed by atoms with Crippen LogP contribution in [0, 0.1) is 6.92 Å². The molecule has 7 nitrogen and oxygen atoms in total. The topological polar surface area (TPSA) is 78.8 Å². The molecule has 0 saturated carbocycles. The number of nitrogens with one attached hydrogen (secondary N) is 2. The van der Waals surface area contributed by atoms with Crippen LogP contribution in [0.25, 0.3) is 22.1 Å². The van der Waals surface area contributed by atoms with Gasteiger partial charge in [0, 0.05) is 25.7 Å². The highest BCUT2D eigenvalue weighted by Crippen LogP contribution is 2.25. The summed E-state index contributed by atoms with van der Waals surface area (Å²) in [5, 5.41) is 0. The van der Waals surface area contributed by atoms with Crippen molar-refractivity contribution in [3.05, 3.63) is 69.0 Å². The van der Waals surface area contributed by atoms with Crippen LogP contribution < -0.4 is 11.4 Å². The van der Waals surface area contributed by atoms with E-state index in [1.807, 2.05) is 58.5 Å². The highest BCUT2D eigenvalue weighted by molar-refractivity contribution is 5.76. The summed E-state index contributed by atoms with van der Waals surface area (Å²) in [6, 6.07) is 14.2. The van der Waals surface area contributed by atoms with Gasteiger partial charge in [-0.25, -0.2) is 9.59 Å². The van der Waals surface area contributed by atoms with Gasteiger partial charge in [0.15, 0.2) is 0 Å². The van der Waals surface area contributed by atoms with Crippen LogP contribution >= 0.6 is 0 Å². The summed E-state index contributed by atoms with van der Waals surface area (Å²) < 4.78 is 3.77. The third-order valence-electron chi connectivity index (χ3n) is 6.33. The van der Waals surface area contributed by atoms with E-state index < -0.39 is 0 Å². The number of piperidine rings is 1. The number of rotatable bonds is 5. The predicted molar refractivity (Wildman–Crippen MR) is 119 cm³/mol. The molecule has 30 heavy (non-hydrogen) atoms. The van der Waals surface area contributed by atoms with Crippen molar-refractivity contribution in [1.82, 2.24) is 24.0 Å². The van der Waals surface area contributed by atoms with Crippen LogP contribution in [0.3, 0.4) is 0 Å². The molecule has 0 spiro atoms. The van der Waals surface area contributed by atoms with E-state index in [2.05, 4.69) is 14.9 Å². The van der Waals surface area contributed by atoms with Crippen molar-refractivity contribution in [3.8, 4) is 0 Å². The number of fused-ring (bicyclic) bond motifs is 2. The number of hydrogen-bond donors (Lipinski definition) is 2. The maximum atomic E-state index is 12.4. The van der Waals surface area contributed by atoms with E-state index in [-0.39, 0.29) is 17.4 Å². The molecule has 3 heterocycles. The quantitative estimate of drug-likeness (QED) is 0.536. The van der Waals surface area contributed by atoms with Crippen LogP contribution in [-0.2, 0) is 6.54 Å². The minimum Gasteiger partial charge on any atom is -0.306 e. The summed E-state index contributed by atoms with van der Waals surface area (Å²) >= 11 is 0. The Labute approximate surface area is 173 Å². The monoisotopic (exact) mass is 405 g/mol. The third kappa shape index (κ3) is 3.39. The fraction of sp³-hybridized carbons (Fsp3) is 0.391. The first-order valence-electron chi connectivity index (χ1n) is 10.7. The summed E-state index contributed by atoms with van der Waals surface area (Å²) in [6.07, 6.45) is 2.86. The van der Waals surface area contributed by atoms with E-state index in [0.717, 1.165) is 66.5 Å². The van der Waals surface area contributed by atoms with Gasteiger partial charge < -0.3 is 14.9 Å². The molecule has 2 N–H and O–H groups in total. The standard InChI is InChI=1S/C23H27N5O2/c1-16-7-8-20-19(15-16)25-22(29)27(20)12-4-11-26-13-9-17(10-14-26)28-21-6-3-2-5-18(21)24-23(28)30/h2-3,5-8,15,17H,4,9-14H2,1H3,(H,24,30)(H,25,29). The molecular formula is C23H27N5O2. The third-order valence-corrected chi connectivity index (χ3v) is 6.33. The summed E-state index contributed by atoms with van der Waals surface area (Å²) in [6.45, 7) is 5.64. The molecule has 1 aliphatic rings. The van der Waals surface area contributed by atoms with E-state index in [9.17, 15) is 9.59 Å². The molecule has 7 heteroatoms. The van der Waals surface area contributed by atoms with Crippen molar-refractivity contribution in [2.24, 2.45) is 0 Å². The van der Waals surface area contributed by atoms with Gasteiger partial charge in [0.1, 0.15) is 0 Å². The van der Waals surface area contributed by atoms with Gasteiger partial charge in [-0.1, -0.05) is 18.2 Å². The van der Waals surface area contributed by atoms with E-state index in [4.69, 9.17) is 0 Å². The number of likely N-dealkylation sites (tertiary alicyclic amines) is 1. The van der Waals surface area contributed by atoms with Crippen molar-refractivity contribution in [3.63, 3.8) is 0 Å². The molecule has 0 unspecified atom stereocenters. The van der Waals surface area contributed by atoms with Crippen LogP contribution in [0.4, 0.5) is 0 Å². The van der Waals surface area contributed by atoms with Crippen molar-refractivity contribution in [2.45, 2.75) is 38.8 Å². The van der Waals surface area contributed by atoms with Crippen LogP contribution in [0.2, 0.25) is 0 Å². The minimum atomic E-state index is -0.0342. The lowest BCUT2D eigenvalue weighted by atomic mass is 10.0. The molecular weight excluding hydrogens is 378 g/mol. The SMILES string of the molecule is Cc1ccc2c(c1)[nH]c(=O)n2CCCN1CCC(n2c(=O)[nH]c3ccccc32)CC1. The molecule has 0 amide bonds. The Kier molecular flexibility index (Phi) is 4.83. The Hall–Kier alpha value is -3.06. The number of aromatic amines is 2. The lowest BCUT2D eigenvalue weighted by molar-refractivity contribution is 0.183. The summed E-state index contributed by atoms with van der Waals surface area (Å²) in [5.74, 6) is 0. The second-order valence-corrected chi connectivity index (χ2v) is 8.35. The molecule has 0 bridgehead atoms. The number of nitrogens with zero attached hydrogens (tertiary/aromatic N) is 3. The Morgan fingerprint density at radius 3 is 2.50 bits per heavy atom. The molecule has 156 valence electrons. The zero-order valence-electron chi connectivity index (χ0n) is 17.2. The Morgan fingerprint density at radius 2 is 1.67 bits per heavy atom. The Balaban J connectivity index is 1.20. The summed E-state index contributed by atoms with van der Waals surface area (Å²) in [7, 11) is 0. The molecule has 5 rings (SSSR count). The maximum absolute atomic E-state index is 12.4. The van der Waals surface area contributed by atoms with E-state index in [1.165, 1.54) is 0 Å². The average Bonchev–Trinajstić information content (AvgIpc) is 3.23. The number of hydrogen-bond acceptors (Lipinski definition) is 3. The lowest BCUT2D eigenvalue weighted by Crippen LogP contribution is -2.37. The largest absolute Gasteiger partial charge is 0.326 e. The predicted octanol–water partition coefficient (Wildman–Crippen LogP) is 3.01. The molecule has 1 fully saturated rings. The first kappa shape index (κ1) is 18.9. The Morgan fingerprint density at radius 1 is 0.900 bits per heavy atom. The number of imidazole rings is 2. The first-order valence-corrected chi connectivity index (χ1v) is 10.7. The fourth-order valence-electron chi connectivity index (χ4n) is 4.79. The zero-order valence-corrected chi connectivity index (χ0v) is 17.2. The van der Waals surface area contributed by atoms with E-state index >= 15 is 0 Å². The molecule has 0 aliphatic carbocycles. The van der Waals surface area contributed by atoms with Crippen molar-refractivity contribution < 1.29 is 0 Å². The normalized spacial score (nSPS) is 16.0. The van der Waals surface area contributed by atoms with Gasteiger partial charge in [0.05, 0.1) is 22.1 Å². The highest BCUT2D eigenvalue weighted by Gasteiger charge is 2.23. The molecule has 0 radical (unpaired) electrons. The van der Waals surface area contributed by atoms with Gasteiger partial charge >= 0.3 is 11.4 Å². The zero-order chi connectivity index (χ0) is 20.7. The van der Waals surface area contributed by atoms with Crippen LogP contribution in [-0.4, -0.2) is 43.6 Å². The molecule has 2 aromatic heterocycles. The summed E-state index contributed by atoms with van der Waals surface area (Å²) in [5.41, 5.74) is 4.89. The maximum Gasteiger partial charge on any atom is 0.326 e. The molecule has 1 aliphatic heterocycles. The molecule has 2 aromatic carbocycles. The lowest BCUT2D eigenvalue weighted by Gasteiger charge is -2.32. The fourth-order valence-corrected chi connectivity index (χ4v) is 4.79. The van der Waals surface area contributed by atoms with Gasteiger partial charge in [-0.05, 0) is 62.6 Å². The van der Waals surface area contributed by atoms with Gasteiger partial charge in [-0.2, -0.15) is 0 Å². The van der Waals surface area contributed by atoms with Crippen LogP contribution in [0.1, 0.15) is 30.9 Å². The molecule has 4 aromatic rings. The van der Waals surface area contributed by atoms with Crippen molar-refractivity contribution >= 4 is 22.1 Å². The number of para-hydroxylation sites is 2. The summed E-state index contributed by atoms with van der Waals surface area (Å²) in [4.78, 5) is 33.1. The second-order valence-electron chi connectivity index (χ2n) is 8.35. The first-order chi connectivity index (χ1) is 14.6. The van der Waals surface area contributed by atoms with Crippen LogP contribution in [0.15, 0.2) is 52.1 Å². The highest BCUT2D eigenvalue weighted by atomic mass is 16.1. The van der Waals surface area contributed by atoms with Gasteiger partial charge in [0.2, 0.25) is 0 Å². The number of H-pyrrole nitrogens is 2.